The number of aliphatic hydroxyl groups is 1. The second-order valence-corrected chi connectivity index (χ2v) is 1.04. The van der Waals surface area contributed by atoms with Gasteiger partial charge in [0.1, 0.15) is 0 Å². The molecule has 0 aliphatic rings. The van der Waals surface area contributed by atoms with E-state index < -0.39 is 11.7 Å². The van der Waals surface area contributed by atoms with E-state index in [-0.39, 0.29) is 0 Å². The highest BCUT2D eigenvalue weighted by Gasteiger charge is 1.99. The fourth-order valence-electron chi connectivity index (χ4n) is 0.0589. The summed E-state index contributed by atoms with van der Waals surface area (Å²) in [5.41, 5.74) is 0. The predicted molar refractivity (Wildman–Crippen MR) is 23.6 cm³/mol. The van der Waals surface area contributed by atoms with Crippen molar-refractivity contribution in [3.8, 4) is 0 Å². The van der Waals surface area contributed by atoms with E-state index in [1.165, 1.54) is 0 Å². The number of carbonyl (C=O) groups is 1. The smallest absolute Gasteiger partial charge is 0.359 e. The largest absolute Gasteiger partial charge is 0.510 e. The van der Waals surface area contributed by atoms with E-state index in [4.69, 9.17) is 5.11 Å². The van der Waals surface area contributed by atoms with E-state index in [0.717, 1.165) is 0 Å². The van der Waals surface area contributed by atoms with Crippen molar-refractivity contribution in [2.45, 2.75) is 0 Å². The lowest BCUT2D eigenvalue weighted by Gasteiger charge is -1.90. The lowest BCUT2D eigenvalue weighted by Crippen LogP contribution is -2.02. The maximum Gasteiger partial charge on any atom is 0.359 e. The van der Waals surface area contributed by atoms with Crippen LogP contribution in [0.25, 0.3) is 0 Å². The Bertz CT molecular complexity index is 98.4. The van der Waals surface area contributed by atoms with Crippen molar-refractivity contribution in [1.82, 2.24) is 0 Å². The van der Waals surface area contributed by atoms with Crippen LogP contribution in [0.4, 0.5) is 0 Å². The Labute approximate surface area is 44.1 Å². The van der Waals surface area contributed by atoms with Gasteiger partial charge in [0, 0.05) is 0 Å². The zero-order valence-corrected chi connectivity index (χ0v) is 4.47. The Hall–Kier alpha value is -0.773. The third-order valence-corrected chi connectivity index (χ3v) is 0.514. The molecule has 4 heteroatoms. The van der Waals surface area contributed by atoms with Crippen LogP contribution in [-0.4, -0.2) is 21.6 Å². The van der Waals surface area contributed by atoms with Gasteiger partial charge in [0.2, 0.25) is 0 Å². The van der Waals surface area contributed by atoms with E-state index in [9.17, 15) is 4.79 Å². The summed E-state index contributed by atoms with van der Waals surface area (Å²) in [4.78, 5) is 9.89. The van der Waals surface area contributed by atoms with Gasteiger partial charge >= 0.3 is 16.5 Å². The van der Waals surface area contributed by atoms with Gasteiger partial charge in [-0.2, -0.15) is 0 Å². The molecule has 0 rings (SSSR count). The highest BCUT2D eigenvalue weighted by molar-refractivity contribution is 6.08. The summed E-state index contributed by atoms with van der Waals surface area (Å²) in [7, 11) is 2.39. The summed E-state index contributed by atoms with van der Waals surface area (Å²) in [6.45, 7) is 2.88. The van der Waals surface area contributed by atoms with Crippen LogP contribution < -0.4 is 0 Å². The number of hydrogen-bond donors (Lipinski definition) is 1. The van der Waals surface area contributed by atoms with E-state index in [1.54, 1.807) is 0 Å². The molecule has 0 aliphatic carbocycles. The van der Waals surface area contributed by atoms with Crippen molar-refractivity contribution in [3.63, 3.8) is 0 Å². The van der Waals surface area contributed by atoms with Crippen molar-refractivity contribution >= 4 is 16.5 Å². The molecule has 3 nitrogen and oxygen atoms in total. The Kier molecular flexibility index (Phi) is 2.14. The van der Waals surface area contributed by atoms with Crippen LogP contribution in [0.15, 0.2) is 12.3 Å². The molecule has 0 fully saturated rings. The van der Waals surface area contributed by atoms with Gasteiger partial charge in [0.05, 0.1) is 0 Å². The van der Waals surface area contributed by atoms with Gasteiger partial charge in [-0.3, -0.25) is 0 Å². The van der Waals surface area contributed by atoms with E-state index in [2.05, 4.69) is 21.5 Å². The second kappa shape index (κ2) is 2.41. The molecule has 0 aromatic rings. The quantitative estimate of drug-likeness (QED) is 0.289. The Morgan fingerprint density at radius 2 is 2.29 bits per heavy atom. The molecule has 0 saturated carbocycles. The number of carbonyl (C=O) groups excluding carboxylic acids is 1. The van der Waals surface area contributed by atoms with Gasteiger partial charge in [-0.05, 0) is 6.58 Å². The molecule has 0 aromatic heterocycles. The van der Waals surface area contributed by atoms with Crippen molar-refractivity contribution in [1.29, 1.82) is 0 Å². The minimum Gasteiger partial charge on any atom is -0.510 e. The molecule has 0 bridgehead atoms. The minimum absolute atomic E-state index is 0.616. The molecule has 37 valence electrons. The normalized spacial score (nSPS) is 7.57. The van der Waals surface area contributed by atoms with E-state index >= 15 is 0 Å². The van der Waals surface area contributed by atoms with Crippen LogP contribution in [0.5, 0.6) is 0 Å². The van der Waals surface area contributed by atoms with E-state index in [0.29, 0.717) is 0 Å². The van der Waals surface area contributed by atoms with Gasteiger partial charge in [0.25, 0.3) is 0 Å². The maximum atomic E-state index is 9.89. The van der Waals surface area contributed by atoms with Gasteiger partial charge < -0.3 is 9.53 Å². The Morgan fingerprint density at radius 1 is 1.86 bits per heavy atom. The molecule has 0 spiro atoms. The molecular formula is C3H3O3Si. The van der Waals surface area contributed by atoms with Crippen LogP contribution in [-0.2, 0) is 9.22 Å². The molecule has 0 amide bonds. The summed E-state index contributed by atoms with van der Waals surface area (Å²) in [6, 6.07) is 0. The zero-order chi connectivity index (χ0) is 5.86. The van der Waals surface area contributed by atoms with Crippen molar-refractivity contribution in [2.75, 3.05) is 0 Å². The van der Waals surface area contributed by atoms with Gasteiger partial charge in [0.15, 0.2) is 5.76 Å². The Balaban J connectivity index is 3.58. The molecule has 0 aromatic carbocycles. The third kappa shape index (κ3) is 1.99. The second-order valence-electron chi connectivity index (χ2n) is 0.836. The topological polar surface area (TPSA) is 46.5 Å². The lowest BCUT2D eigenvalue weighted by molar-refractivity contribution is -0.132. The molecule has 0 atom stereocenters. The monoisotopic (exact) mass is 115 g/mol. The molecule has 7 heavy (non-hydrogen) atoms. The first-order chi connectivity index (χ1) is 3.18. The minimum atomic E-state index is -0.878. The Morgan fingerprint density at radius 3 is 2.29 bits per heavy atom. The highest BCUT2D eigenvalue weighted by atomic mass is 28.2. The van der Waals surface area contributed by atoms with Crippen LogP contribution in [0.3, 0.4) is 0 Å². The first kappa shape index (κ1) is 6.23. The van der Waals surface area contributed by atoms with Gasteiger partial charge in [-0.1, -0.05) is 0 Å². The van der Waals surface area contributed by atoms with Gasteiger partial charge in [-0.15, -0.1) is 0 Å². The highest BCUT2D eigenvalue weighted by Crippen LogP contribution is 1.82. The fourth-order valence-corrected chi connectivity index (χ4v) is 0.177. The number of rotatable bonds is 1. The van der Waals surface area contributed by atoms with Crippen LogP contribution in [0, 0.1) is 0 Å². The fraction of sp³-hybridized carbons (Fsp3) is 0. The standard InChI is InChI=1S/C3H3O3Si/c1-2(4)3(5)6-7/h4H,1H2. The first-order valence-electron chi connectivity index (χ1n) is 1.44. The van der Waals surface area contributed by atoms with Crippen LogP contribution in [0.1, 0.15) is 0 Å². The summed E-state index contributed by atoms with van der Waals surface area (Å²) in [5, 5.41) is 8.12. The summed E-state index contributed by atoms with van der Waals surface area (Å²) in [6.07, 6.45) is 0. The number of aliphatic hydroxyl groups excluding tert-OH is 1. The predicted octanol–water partition coefficient (Wildman–Crippen LogP) is -0.315. The van der Waals surface area contributed by atoms with Crippen LogP contribution >= 0.6 is 0 Å². The lowest BCUT2D eigenvalue weighted by atomic mass is 10.6. The number of hydrogen-bond acceptors (Lipinski definition) is 3. The molecule has 3 radical (unpaired) electrons. The summed E-state index contributed by atoms with van der Waals surface area (Å²) >= 11 is 0. The molecule has 1 N–H and O–H groups in total. The van der Waals surface area contributed by atoms with Crippen LogP contribution in [0.2, 0.25) is 0 Å². The van der Waals surface area contributed by atoms with Crippen molar-refractivity contribution in [2.24, 2.45) is 0 Å². The van der Waals surface area contributed by atoms with Crippen molar-refractivity contribution < 1.29 is 14.3 Å². The van der Waals surface area contributed by atoms with Gasteiger partial charge in [-0.25, -0.2) is 4.79 Å². The molecular weight excluding hydrogens is 112 g/mol. The summed E-state index contributed by atoms with van der Waals surface area (Å²) < 4.78 is 3.83. The SMILES string of the molecule is C=C(O)C(=O)O[Si]. The zero-order valence-electron chi connectivity index (χ0n) is 3.47. The molecule has 0 heterocycles. The maximum absolute atomic E-state index is 9.89. The summed E-state index contributed by atoms with van der Waals surface area (Å²) in [5.74, 6) is -1.49. The van der Waals surface area contributed by atoms with E-state index in [1.807, 2.05) is 0 Å². The molecule has 0 aliphatic heterocycles. The third-order valence-electron chi connectivity index (χ3n) is 0.328. The molecule has 0 saturated heterocycles. The first-order valence-corrected chi connectivity index (χ1v) is 1.85. The van der Waals surface area contributed by atoms with Crippen molar-refractivity contribution in [3.05, 3.63) is 12.3 Å². The average Bonchev–Trinajstić information content (AvgIpc) is 1.65. The molecule has 0 unspecified atom stereocenters. The average molecular weight is 115 g/mol.